The van der Waals surface area contributed by atoms with Crippen molar-refractivity contribution in [3.63, 3.8) is 0 Å². The highest BCUT2D eigenvalue weighted by molar-refractivity contribution is 7.98. The first-order chi connectivity index (χ1) is 9.63. The van der Waals surface area contributed by atoms with E-state index in [9.17, 15) is 0 Å². The van der Waals surface area contributed by atoms with E-state index in [0.29, 0.717) is 5.82 Å². The second kappa shape index (κ2) is 5.17. The van der Waals surface area contributed by atoms with Gasteiger partial charge in [-0.15, -0.1) is 0 Å². The van der Waals surface area contributed by atoms with Gasteiger partial charge in [0.05, 0.1) is 11.0 Å². The topological polar surface area (TPSA) is 67.6 Å². The van der Waals surface area contributed by atoms with Gasteiger partial charge in [-0.05, 0) is 43.2 Å². The minimum absolute atomic E-state index is 0.586. The molecule has 0 aliphatic rings. The first kappa shape index (κ1) is 13.0. The molecule has 0 spiro atoms. The number of hydrogen-bond acceptors (Lipinski definition) is 4. The third-order valence-corrected chi connectivity index (χ3v) is 4.29. The quantitative estimate of drug-likeness (QED) is 0.723. The van der Waals surface area contributed by atoms with Crippen molar-refractivity contribution in [1.82, 2.24) is 15.0 Å². The monoisotopic (exact) mass is 284 g/mol. The molecule has 1 aromatic carbocycles. The van der Waals surface area contributed by atoms with Gasteiger partial charge in [-0.3, -0.25) is 0 Å². The Balaban J connectivity index is 1.83. The summed E-state index contributed by atoms with van der Waals surface area (Å²) in [5.74, 6) is 1.35. The third-order valence-electron chi connectivity index (χ3n) is 3.37. The average molecular weight is 284 g/mol. The summed E-state index contributed by atoms with van der Waals surface area (Å²) in [5, 5.41) is 0.910. The van der Waals surface area contributed by atoms with E-state index < -0.39 is 0 Å². The number of aromatic nitrogens is 3. The molecule has 0 fully saturated rings. The molecule has 2 heterocycles. The Morgan fingerprint density at radius 2 is 2.05 bits per heavy atom. The van der Waals surface area contributed by atoms with Gasteiger partial charge in [-0.2, -0.15) is 0 Å². The van der Waals surface area contributed by atoms with Gasteiger partial charge < -0.3 is 10.7 Å². The second-order valence-electron chi connectivity index (χ2n) is 4.83. The fourth-order valence-corrected chi connectivity index (χ4v) is 2.91. The predicted octanol–water partition coefficient (Wildman–Crippen LogP) is 3.45. The normalized spacial score (nSPS) is 11.1. The molecule has 102 valence electrons. The zero-order valence-electron chi connectivity index (χ0n) is 11.5. The van der Waals surface area contributed by atoms with Gasteiger partial charge in [0.1, 0.15) is 5.82 Å². The van der Waals surface area contributed by atoms with E-state index in [2.05, 4.69) is 40.9 Å². The maximum absolute atomic E-state index is 5.84. The van der Waals surface area contributed by atoms with Crippen LogP contribution < -0.4 is 5.73 Å². The maximum Gasteiger partial charge on any atom is 0.166 e. The van der Waals surface area contributed by atoms with Gasteiger partial charge in [-0.1, -0.05) is 17.8 Å². The predicted molar refractivity (Wildman–Crippen MR) is 83.8 cm³/mol. The molecular formula is C15H16N4S. The van der Waals surface area contributed by atoms with Crippen LogP contribution in [0.4, 0.5) is 5.82 Å². The van der Waals surface area contributed by atoms with Crippen LogP contribution in [0.2, 0.25) is 0 Å². The van der Waals surface area contributed by atoms with Crippen LogP contribution in [0.3, 0.4) is 0 Å². The van der Waals surface area contributed by atoms with E-state index >= 15 is 0 Å². The summed E-state index contributed by atoms with van der Waals surface area (Å²) in [4.78, 5) is 12.0. The molecule has 0 atom stereocenters. The number of H-pyrrole nitrogens is 1. The number of fused-ring (bicyclic) bond motifs is 1. The van der Waals surface area contributed by atoms with Crippen molar-refractivity contribution in [3.8, 4) is 0 Å². The number of nitrogens with two attached hydrogens (primary N) is 1. The molecule has 3 rings (SSSR count). The molecule has 0 saturated heterocycles. The van der Waals surface area contributed by atoms with Crippen LogP contribution in [0.5, 0.6) is 0 Å². The van der Waals surface area contributed by atoms with E-state index in [4.69, 9.17) is 5.73 Å². The molecule has 4 nitrogen and oxygen atoms in total. The highest BCUT2D eigenvalue weighted by Gasteiger charge is 2.07. The summed E-state index contributed by atoms with van der Waals surface area (Å²) in [6.45, 7) is 4.21. The summed E-state index contributed by atoms with van der Waals surface area (Å²) in [5.41, 5.74) is 11.5. The van der Waals surface area contributed by atoms with Crippen LogP contribution >= 0.6 is 11.8 Å². The van der Waals surface area contributed by atoms with E-state index in [-0.39, 0.29) is 0 Å². The summed E-state index contributed by atoms with van der Waals surface area (Å²) in [6.07, 6.45) is 1.70. The van der Waals surface area contributed by atoms with Crippen molar-refractivity contribution in [1.29, 1.82) is 0 Å². The van der Waals surface area contributed by atoms with E-state index in [1.54, 1.807) is 18.0 Å². The number of nitrogens with one attached hydrogen (secondary N) is 1. The molecule has 20 heavy (non-hydrogen) atoms. The Morgan fingerprint density at radius 1 is 1.25 bits per heavy atom. The Bertz CT molecular complexity index is 725. The lowest BCUT2D eigenvalue weighted by Crippen LogP contribution is -1.95. The van der Waals surface area contributed by atoms with E-state index in [1.807, 2.05) is 12.1 Å². The minimum Gasteiger partial charge on any atom is -0.383 e. The van der Waals surface area contributed by atoms with Crippen LogP contribution in [0, 0.1) is 13.8 Å². The smallest absolute Gasteiger partial charge is 0.166 e. The average Bonchev–Trinajstić information content (AvgIpc) is 2.80. The van der Waals surface area contributed by atoms with Crippen LogP contribution in [0.15, 0.2) is 35.6 Å². The van der Waals surface area contributed by atoms with Gasteiger partial charge in [0.25, 0.3) is 0 Å². The van der Waals surface area contributed by atoms with Crippen LogP contribution in [0.1, 0.15) is 16.7 Å². The Morgan fingerprint density at radius 3 is 2.85 bits per heavy atom. The Labute approximate surface area is 121 Å². The molecule has 0 amide bonds. The summed E-state index contributed by atoms with van der Waals surface area (Å²) in [7, 11) is 0. The fourth-order valence-electron chi connectivity index (χ4n) is 2.03. The molecule has 0 aliphatic heterocycles. The number of pyridine rings is 1. The van der Waals surface area contributed by atoms with Crippen molar-refractivity contribution in [2.75, 3.05) is 5.73 Å². The highest BCUT2D eigenvalue weighted by Crippen LogP contribution is 2.25. The van der Waals surface area contributed by atoms with Crippen molar-refractivity contribution in [2.45, 2.75) is 24.8 Å². The molecule has 0 aliphatic carbocycles. The highest BCUT2D eigenvalue weighted by atomic mass is 32.2. The zero-order chi connectivity index (χ0) is 14.1. The molecule has 0 bridgehead atoms. The lowest BCUT2D eigenvalue weighted by atomic mass is 10.1. The SMILES string of the molecule is Cc1cc2nc(SCc3cccnc3N)[nH]c2cc1C. The van der Waals surface area contributed by atoms with Gasteiger partial charge in [-0.25, -0.2) is 9.97 Å². The minimum atomic E-state index is 0.586. The number of hydrogen-bond donors (Lipinski definition) is 2. The van der Waals surface area contributed by atoms with Crippen LogP contribution in [-0.4, -0.2) is 15.0 Å². The van der Waals surface area contributed by atoms with E-state index in [0.717, 1.165) is 27.5 Å². The number of aromatic amines is 1. The Kier molecular flexibility index (Phi) is 3.36. The number of nitrogen functional groups attached to an aromatic ring is 1. The Hall–Kier alpha value is -2.01. The molecular weight excluding hydrogens is 268 g/mol. The molecule has 0 saturated carbocycles. The van der Waals surface area contributed by atoms with Crippen molar-refractivity contribution in [3.05, 3.63) is 47.2 Å². The number of rotatable bonds is 3. The van der Waals surface area contributed by atoms with Gasteiger partial charge in [0.15, 0.2) is 5.16 Å². The molecule has 3 aromatic rings. The summed E-state index contributed by atoms with van der Waals surface area (Å²) >= 11 is 1.64. The van der Waals surface area contributed by atoms with Crippen LogP contribution in [0.25, 0.3) is 11.0 Å². The van der Waals surface area contributed by atoms with Crippen molar-refractivity contribution < 1.29 is 0 Å². The number of anilines is 1. The standard InChI is InChI=1S/C15H16N4S/c1-9-6-12-13(7-10(9)2)19-15(18-12)20-8-11-4-3-5-17-14(11)16/h3-7H,8H2,1-2H3,(H2,16,17)(H,18,19). The van der Waals surface area contributed by atoms with Gasteiger partial charge >= 0.3 is 0 Å². The van der Waals surface area contributed by atoms with Gasteiger partial charge in [0, 0.05) is 17.5 Å². The second-order valence-corrected chi connectivity index (χ2v) is 5.80. The molecule has 0 unspecified atom stereocenters. The zero-order valence-corrected chi connectivity index (χ0v) is 12.3. The maximum atomic E-state index is 5.84. The van der Waals surface area contributed by atoms with Crippen molar-refractivity contribution >= 4 is 28.6 Å². The lowest BCUT2D eigenvalue weighted by molar-refractivity contribution is 1.08. The first-order valence-corrected chi connectivity index (χ1v) is 7.41. The van der Waals surface area contributed by atoms with Crippen molar-refractivity contribution in [2.24, 2.45) is 0 Å². The largest absolute Gasteiger partial charge is 0.383 e. The fraction of sp³-hybridized carbons (Fsp3) is 0.200. The summed E-state index contributed by atoms with van der Waals surface area (Å²) in [6, 6.07) is 8.15. The van der Waals surface area contributed by atoms with E-state index in [1.165, 1.54) is 11.1 Å². The number of aryl methyl sites for hydroxylation is 2. The van der Waals surface area contributed by atoms with Crippen LogP contribution in [-0.2, 0) is 5.75 Å². The first-order valence-electron chi connectivity index (χ1n) is 6.42. The molecule has 5 heteroatoms. The molecule has 0 radical (unpaired) electrons. The number of benzene rings is 1. The summed E-state index contributed by atoms with van der Waals surface area (Å²) < 4.78 is 0. The number of thioether (sulfide) groups is 1. The lowest BCUT2D eigenvalue weighted by Gasteiger charge is -2.01. The number of imidazole rings is 1. The molecule has 3 N–H and O–H groups in total. The van der Waals surface area contributed by atoms with Gasteiger partial charge in [0.2, 0.25) is 0 Å². The number of nitrogens with zero attached hydrogens (tertiary/aromatic N) is 2. The molecule has 2 aromatic heterocycles. The third kappa shape index (κ3) is 2.49.